The number of hydrogen-bond donors (Lipinski definition) is 2. The van der Waals surface area contributed by atoms with Gasteiger partial charge in [0, 0.05) is 11.1 Å². The van der Waals surface area contributed by atoms with Crippen LogP contribution in [0.1, 0.15) is 30.0 Å². The number of thiazole rings is 2. The fourth-order valence-electron chi connectivity index (χ4n) is 2.91. The van der Waals surface area contributed by atoms with Gasteiger partial charge in [0.1, 0.15) is 14.8 Å². The summed E-state index contributed by atoms with van der Waals surface area (Å²) in [4.78, 5) is 35.2. The van der Waals surface area contributed by atoms with Crippen molar-refractivity contribution in [3.05, 3.63) is 81.1 Å². The molecule has 4 aromatic rings. The van der Waals surface area contributed by atoms with Crippen molar-refractivity contribution in [2.45, 2.75) is 13.8 Å². The topological polar surface area (TPSA) is 84.0 Å². The van der Waals surface area contributed by atoms with Crippen LogP contribution >= 0.6 is 22.7 Å². The largest absolute Gasteiger partial charge is 0.282 e. The maximum Gasteiger partial charge on any atom is 0.282 e. The minimum absolute atomic E-state index is 0.400. The predicted octanol–water partition coefficient (Wildman–Crippen LogP) is 4.63. The first-order valence-electron chi connectivity index (χ1n) is 9.19. The second-order valence-corrected chi connectivity index (χ2v) is 8.69. The molecule has 0 bridgehead atoms. The van der Waals surface area contributed by atoms with Crippen molar-refractivity contribution >= 4 is 34.5 Å². The van der Waals surface area contributed by atoms with Crippen LogP contribution in [0.25, 0.3) is 21.8 Å². The third-order valence-electron chi connectivity index (χ3n) is 4.30. The van der Waals surface area contributed by atoms with Gasteiger partial charge < -0.3 is 0 Å². The van der Waals surface area contributed by atoms with E-state index in [4.69, 9.17) is 0 Å². The molecule has 2 aromatic heterocycles. The Bertz CT molecular complexity index is 1200. The van der Waals surface area contributed by atoms with E-state index in [1.807, 2.05) is 67.6 Å². The average molecular weight is 435 g/mol. The third kappa shape index (κ3) is 4.14. The number of carbonyl (C=O) groups excluding carboxylic acids is 2. The molecule has 0 saturated heterocycles. The number of hydrogen-bond acceptors (Lipinski definition) is 6. The summed E-state index contributed by atoms with van der Waals surface area (Å²) >= 11 is 2.57. The summed E-state index contributed by atoms with van der Waals surface area (Å²) in [7, 11) is 0. The number of rotatable bonds is 4. The maximum atomic E-state index is 12.7. The van der Waals surface area contributed by atoms with Crippen LogP contribution in [-0.2, 0) is 0 Å². The standard InChI is InChI=1S/C22H18N4O2S2/c1-13-18(30-22(23-13)16-11-7-4-8-12-16)20(27)25-26-21(28)19-17(24-14(2)29-19)15-9-5-3-6-10-15/h3-12H,1-2H3,(H,25,27)(H,26,28). The number of nitrogens with one attached hydrogen (secondary N) is 2. The van der Waals surface area contributed by atoms with E-state index >= 15 is 0 Å². The highest BCUT2D eigenvalue weighted by Gasteiger charge is 2.20. The first-order chi connectivity index (χ1) is 14.5. The molecule has 4 rings (SSSR count). The number of benzene rings is 2. The Morgan fingerprint density at radius 2 is 1.30 bits per heavy atom. The molecule has 0 spiro atoms. The van der Waals surface area contributed by atoms with E-state index in [1.54, 1.807) is 6.92 Å². The van der Waals surface area contributed by atoms with Gasteiger partial charge in [0.05, 0.1) is 16.4 Å². The van der Waals surface area contributed by atoms with Gasteiger partial charge in [0.25, 0.3) is 11.8 Å². The minimum atomic E-state index is -0.404. The first kappa shape index (κ1) is 19.9. The van der Waals surface area contributed by atoms with Crippen LogP contribution in [0.4, 0.5) is 0 Å². The molecule has 0 aliphatic heterocycles. The van der Waals surface area contributed by atoms with Crippen molar-refractivity contribution < 1.29 is 9.59 Å². The number of carbonyl (C=O) groups is 2. The third-order valence-corrected chi connectivity index (χ3v) is 6.48. The van der Waals surface area contributed by atoms with Crippen LogP contribution in [0, 0.1) is 13.8 Å². The lowest BCUT2D eigenvalue weighted by Crippen LogP contribution is -2.41. The molecular weight excluding hydrogens is 416 g/mol. The van der Waals surface area contributed by atoms with E-state index in [9.17, 15) is 9.59 Å². The molecule has 0 radical (unpaired) electrons. The lowest BCUT2D eigenvalue weighted by Gasteiger charge is -2.06. The van der Waals surface area contributed by atoms with E-state index in [2.05, 4.69) is 20.8 Å². The molecule has 2 heterocycles. The monoisotopic (exact) mass is 434 g/mol. The molecule has 0 fully saturated rings. The van der Waals surface area contributed by atoms with Gasteiger partial charge >= 0.3 is 0 Å². The predicted molar refractivity (Wildman–Crippen MR) is 120 cm³/mol. The minimum Gasteiger partial charge on any atom is -0.266 e. The summed E-state index contributed by atoms with van der Waals surface area (Å²) in [5.74, 6) is -0.804. The number of amides is 2. The molecule has 0 atom stereocenters. The molecule has 30 heavy (non-hydrogen) atoms. The van der Waals surface area contributed by atoms with Gasteiger partial charge in [-0.15, -0.1) is 22.7 Å². The van der Waals surface area contributed by atoms with Crippen molar-refractivity contribution in [2.24, 2.45) is 0 Å². The lowest BCUT2D eigenvalue weighted by molar-refractivity contribution is 0.0851. The van der Waals surface area contributed by atoms with Gasteiger partial charge in [-0.2, -0.15) is 0 Å². The van der Waals surface area contributed by atoms with E-state index in [1.165, 1.54) is 22.7 Å². The zero-order chi connectivity index (χ0) is 21.1. The zero-order valence-electron chi connectivity index (χ0n) is 16.3. The highest BCUT2D eigenvalue weighted by molar-refractivity contribution is 7.17. The number of aromatic nitrogens is 2. The Morgan fingerprint density at radius 1 is 0.733 bits per heavy atom. The fourth-order valence-corrected chi connectivity index (χ4v) is 4.71. The molecule has 6 nitrogen and oxygen atoms in total. The Morgan fingerprint density at radius 3 is 1.93 bits per heavy atom. The Balaban J connectivity index is 1.49. The molecule has 8 heteroatoms. The van der Waals surface area contributed by atoms with Crippen molar-refractivity contribution in [1.82, 2.24) is 20.8 Å². The van der Waals surface area contributed by atoms with Gasteiger partial charge in [-0.3, -0.25) is 20.4 Å². The number of nitrogens with zero attached hydrogens (tertiary/aromatic N) is 2. The van der Waals surface area contributed by atoms with E-state index < -0.39 is 11.8 Å². The molecule has 2 amide bonds. The van der Waals surface area contributed by atoms with Crippen LogP contribution in [0.15, 0.2) is 60.7 Å². The second-order valence-electron chi connectivity index (χ2n) is 6.48. The van der Waals surface area contributed by atoms with Crippen molar-refractivity contribution in [3.8, 4) is 21.8 Å². The molecule has 2 N–H and O–H groups in total. The summed E-state index contributed by atoms with van der Waals surface area (Å²) < 4.78 is 0. The first-order valence-corrected chi connectivity index (χ1v) is 10.8. The number of aryl methyl sites for hydroxylation is 2. The summed E-state index contributed by atoms with van der Waals surface area (Å²) in [6.45, 7) is 3.62. The molecule has 150 valence electrons. The van der Waals surface area contributed by atoms with Crippen molar-refractivity contribution in [1.29, 1.82) is 0 Å². The maximum absolute atomic E-state index is 12.7. The Labute approximate surface area is 181 Å². The highest BCUT2D eigenvalue weighted by atomic mass is 32.1. The van der Waals surface area contributed by atoms with Crippen molar-refractivity contribution in [2.75, 3.05) is 0 Å². The zero-order valence-corrected chi connectivity index (χ0v) is 17.9. The highest BCUT2D eigenvalue weighted by Crippen LogP contribution is 2.29. The SMILES string of the molecule is Cc1nc(-c2ccccc2)c(C(=O)NNC(=O)c2sc(-c3ccccc3)nc2C)s1. The molecule has 0 aliphatic rings. The van der Waals surface area contributed by atoms with Crippen LogP contribution in [-0.4, -0.2) is 21.8 Å². The lowest BCUT2D eigenvalue weighted by atomic mass is 10.1. The fraction of sp³-hybridized carbons (Fsp3) is 0.0909. The van der Waals surface area contributed by atoms with Gasteiger partial charge in [0.15, 0.2) is 0 Å². The van der Waals surface area contributed by atoms with Crippen LogP contribution in [0.2, 0.25) is 0 Å². The van der Waals surface area contributed by atoms with E-state index in [0.29, 0.717) is 21.1 Å². The summed E-state index contributed by atoms with van der Waals surface area (Å²) in [6.07, 6.45) is 0. The summed E-state index contributed by atoms with van der Waals surface area (Å²) in [6, 6.07) is 19.2. The van der Waals surface area contributed by atoms with Crippen LogP contribution in [0.5, 0.6) is 0 Å². The van der Waals surface area contributed by atoms with Crippen LogP contribution in [0.3, 0.4) is 0 Å². The van der Waals surface area contributed by atoms with Crippen molar-refractivity contribution in [3.63, 3.8) is 0 Å². The van der Waals surface area contributed by atoms with Gasteiger partial charge in [-0.1, -0.05) is 60.7 Å². The average Bonchev–Trinajstić information content (AvgIpc) is 3.36. The molecule has 0 unspecified atom stereocenters. The van der Waals surface area contributed by atoms with Crippen LogP contribution < -0.4 is 10.9 Å². The van der Waals surface area contributed by atoms with E-state index in [0.717, 1.165) is 21.1 Å². The molecule has 0 saturated carbocycles. The molecule has 0 aliphatic carbocycles. The summed E-state index contributed by atoms with van der Waals surface area (Å²) in [5.41, 5.74) is 8.02. The molecular formula is C22H18N4O2S2. The number of hydrazine groups is 1. The summed E-state index contributed by atoms with van der Waals surface area (Å²) in [5, 5.41) is 1.53. The smallest absolute Gasteiger partial charge is 0.266 e. The van der Waals surface area contributed by atoms with E-state index in [-0.39, 0.29) is 0 Å². The Hall–Kier alpha value is -3.36. The normalized spacial score (nSPS) is 10.6. The van der Waals surface area contributed by atoms with Gasteiger partial charge in [-0.05, 0) is 13.8 Å². The Kier molecular flexibility index (Phi) is 5.69. The quantitative estimate of drug-likeness (QED) is 0.459. The second kappa shape index (κ2) is 8.56. The van der Waals surface area contributed by atoms with Gasteiger partial charge in [0.2, 0.25) is 0 Å². The van der Waals surface area contributed by atoms with Gasteiger partial charge in [-0.25, -0.2) is 9.97 Å². The molecule has 2 aromatic carbocycles.